The lowest BCUT2D eigenvalue weighted by atomic mass is 10.3. The van der Waals surface area contributed by atoms with Crippen LogP contribution in [0.4, 0.5) is 11.6 Å². The lowest BCUT2D eigenvalue weighted by molar-refractivity contribution is -0.122. The number of carbonyl (C=O) groups is 1. The Balaban J connectivity index is 1.64. The molecule has 0 aliphatic carbocycles. The van der Waals surface area contributed by atoms with Gasteiger partial charge in [0.25, 0.3) is 15.9 Å². The van der Waals surface area contributed by atoms with Crippen LogP contribution in [0.3, 0.4) is 0 Å². The fourth-order valence-electron chi connectivity index (χ4n) is 2.44. The van der Waals surface area contributed by atoms with E-state index < -0.39 is 22.0 Å². The van der Waals surface area contributed by atoms with E-state index in [0.29, 0.717) is 22.2 Å². The van der Waals surface area contributed by atoms with Crippen LogP contribution in [0.15, 0.2) is 65.7 Å². The highest BCUT2D eigenvalue weighted by Gasteiger charge is 2.18. The molecule has 1 atom stereocenters. The maximum absolute atomic E-state index is 12.5. The van der Waals surface area contributed by atoms with Crippen molar-refractivity contribution in [2.75, 3.05) is 10.0 Å². The summed E-state index contributed by atoms with van der Waals surface area (Å²) in [7, 11) is -3.86. The van der Waals surface area contributed by atoms with Crippen LogP contribution >= 0.6 is 11.6 Å². The van der Waals surface area contributed by atoms with E-state index in [1.807, 2.05) is 0 Å². The molecule has 0 radical (unpaired) electrons. The van der Waals surface area contributed by atoms with Crippen LogP contribution < -0.4 is 14.8 Å². The number of nitrogens with zero attached hydrogens (tertiary/aromatic N) is 2. The molecule has 1 heterocycles. The van der Waals surface area contributed by atoms with Gasteiger partial charge in [-0.2, -0.15) is 0 Å². The van der Waals surface area contributed by atoms with Crippen LogP contribution in [0.1, 0.15) is 12.6 Å². The van der Waals surface area contributed by atoms with Gasteiger partial charge in [0.15, 0.2) is 6.10 Å². The smallest absolute Gasteiger partial charge is 0.265 e. The number of aromatic nitrogens is 2. The van der Waals surface area contributed by atoms with Crippen LogP contribution in [-0.2, 0) is 14.8 Å². The molecule has 0 bridgehead atoms. The van der Waals surface area contributed by atoms with Gasteiger partial charge in [-0.05, 0) is 62.4 Å². The number of halogens is 1. The van der Waals surface area contributed by atoms with Crippen molar-refractivity contribution in [1.29, 1.82) is 0 Å². The van der Waals surface area contributed by atoms with E-state index in [0.717, 1.165) is 0 Å². The van der Waals surface area contributed by atoms with E-state index in [4.69, 9.17) is 16.3 Å². The molecule has 0 aliphatic rings. The monoisotopic (exact) mass is 446 g/mol. The predicted octanol–water partition coefficient (Wildman–Crippen LogP) is 3.65. The zero-order valence-corrected chi connectivity index (χ0v) is 17.7. The second-order valence-corrected chi connectivity index (χ2v) is 8.48. The second-order valence-electron chi connectivity index (χ2n) is 6.36. The summed E-state index contributed by atoms with van der Waals surface area (Å²) in [5.41, 5.74) is 1.06. The Kier molecular flexibility index (Phi) is 6.53. The topological polar surface area (TPSA) is 110 Å². The first-order valence-corrected chi connectivity index (χ1v) is 10.7. The minimum Gasteiger partial charge on any atom is -0.481 e. The van der Waals surface area contributed by atoms with Crippen LogP contribution in [0.5, 0.6) is 5.75 Å². The molecule has 10 heteroatoms. The van der Waals surface area contributed by atoms with Crippen molar-refractivity contribution in [2.45, 2.75) is 24.8 Å². The zero-order valence-electron chi connectivity index (χ0n) is 16.2. The molecule has 2 N–H and O–H groups in total. The first-order chi connectivity index (χ1) is 14.2. The maximum Gasteiger partial charge on any atom is 0.265 e. The quantitative estimate of drug-likeness (QED) is 0.573. The number of anilines is 2. The van der Waals surface area contributed by atoms with E-state index in [-0.39, 0.29) is 10.8 Å². The van der Waals surface area contributed by atoms with Gasteiger partial charge in [0.05, 0.1) is 4.90 Å². The molecule has 0 spiro atoms. The SMILES string of the molecule is Cc1ccnc(NS(=O)(=O)c2ccc(NC(=O)[C@H](C)Oc3cccc(Cl)c3)cc2)n1. The summed E-state index contributed by atoms with van der Waals surface area (Å²) < 4.78 is 32.8. The molecule has 0 fully saturated rings. The summed E-state index contributed by atoms with van der Waals surface area (Å²) in [6.07, 6.45) is 0.679. The first-order valence-electron chi connectivity index (χ1n) is 8.88. The van der Waals surface area contributed by atoms with Crippen LogP contribution in [0.2, 0.25) is 5.02 Å². The molecule has 0 unspecified atom stereocenters. The molecule has 1 aromatic heterocycles. The Morgan fingerprint density at radius 1 is 1.13 bits per heavy atom. The van der Waals surface area contributed by atoms with E-state index in [9.17, 15) is 13.2 Å². The Morgan fingerprint density at radius 3 is 2.53 bits per heavy atom. The standard InChI is InChI=1S/C20H19ClN4O4S/c1-13-10-11-22-20(23-13)25-30(27,28)18-8-6-16(7-9-18)24-19(26)14(2)29-17-5-3-4-15(21)12-17/h3-12,14H,1-2H3,(H,24,26)(H,22,23,25)/t14-/m0/s1. The highest BCUT2D eigenvalue weighted by atomic mass is 35.5. The molecule has 1 amide bonds. The highest BCUT2D eigenvalue weighted by Crippen LogP contribution is 2.20. The van der Waals surface area contributed by atoms with Crippen molar-refractivity contribution < 1.29 is 17.9 Å². The van der Waals surface area contributed by atoms with Crippen molar-refractivity contribution in [1.82, 2.24) is 9.97 Å². The number of carbonyl (C=O) groups excluding carboxylic acids is 1. The number of hydrogen-bond acceptors (Lipinski definition) is 6. The fourth-order valence-corrected chi connectivity index (χ4v) is 3.57. The zero-order chi connectivity index (χ0) is 21.7. The second kappa shape index (κ2) is 9.10. The number of sulfonamides is 1. The molecule has 3 rings (SSSR count). The number of ether oxygens (including phenoxy) is 1. The van der Waals surface area contributed by atoms with E-state index in [2.05, 4.69) is 20.0 Å². The summed E-state index contributed by atoms with van der Waals surface area (Å²) in [6, 6.07) is 14.1. The molecular weight excluding hydrogens is 428 g/mol. The normalized spacial score (nSPS) is 12.1. The van der Waals surface area contributed by atoms with Crippen LogP contribution in [-0.4, -0.2) is 30.4 Å². The molecule has 0 aliphatic heterocycles. The Morgan fingerprint density at radius 2 is 1.87 bits per heavy atom. The van der Waals surface area contributed by atoms with Gasteiger partial charge >= 0.3 is 0 Å². The average Bonchev–Trinajstić information content (AvgIpc) is 2.68. The van der Waals surface area contributed by atoms with Crippen molar-refractivity contribution in [3.8, 4) is 5.75 Å². The van der Waals surface area contributed by atoms with E-state index in [1.165, 1.54) is 30.5 Å². The Bertz CT molecular complexity index is 1150. The molecule has 3 aromatic rings. The third kappa shape index (κ3) is 5.68. The fraction of sp³-hybridized carbons (Fsp3) is 0.150. The molecule has 30 heavy (non-hydrogen) atoms. The summed E-state index contributed by atoms with van der Waals surface area (Å²) in [4.78, 5) is 20.3. The molecule has 8 nitrogen and oxygen atoms in total. The van der Waals surface area contributed by atoms with Gasteiger partial charge in [-0.15, -0.1) is 0 Å². The van der Waals surface area contributed by atoms with Gasteiger partial charge in [-0.25, -0.2) is 23.1 Å². The third-order valence-corrected chi connectivity index (χ3v) is 5.51. The number of hydrogen-bond donors (Lipinski definition) is 2. The van der Waals surface area contributed by atoms with Crippen molar-refractivity contribution in [2.24, 2.45) is 0 Å². The lowest BCUT2D eigenvalue weighted by Crippen LogP contribution is -2.30. The average molecular weight is 447 g/mol. The maximum atomic E-state index is 12.5. The number of amides is 1. The minimum atomic E-state index is -3.86. The van der Waals surface area contributed by atoms with Gasteiger partial charge in [0.1, 0.15) is 5.75 Å². The minimum absolute atomic E-state index is 0.00818. The summed E-state index contributed by atoms with van der Waals surface area (Å²) in [5, 5.41) is 3.18. The number of rotatable bonds is 7. The number of nitrogens with one attached hydrogen (secondary N) is 2. The number of benzene rings is 2. The molecule has 156 valence electrons. The van der Waals surface area contributed by atoms with Gasteiger partial charge in [-0.3, -0.25) is 4.79 Å². The van der Waals surface area contributed by atoms with Crippen LogP contribution in [0, 0.1) is 6.92 Å². The predicted molar refractivity (Wildman–Crippen MR) is 114 cm³/mol. The third-order valence-electron chi connectivity index (χ3n) is 3.93. The van der Waals surface area contributed by atoms with Crippen LogP contribution in [0.25, 0.3) is 0 Å². The molecule has 0 saturated carbocycles. The van der Waals surface area contributed by atoms with Gasteiger partial charge < -0.3 is 10.1 Å². The summed E-state index contributed by atoms with van der Waals surface area (Å²) in [5.74, 6) is 0.0623. The van der Waals surface area contributed by atoms with Gasteiger partial charge in [-0.1, -0.05) is 17.7 Å². The first kappa shape index (κ1) is 21.5. The van der Waals surface area contributed by atoms with Crippen molar-refractivity contribution in [3.63, 3.8) is 0 Å². The highest BCUT2D eigenvalue weighted by molar-refractivity contribution is 7.92. The summed E-state index contributed by atoms with van der Waals surface area (Å²) >= 11 is 5.91. The Labute approximate surface area is 179 Å². The van der Waals surface area contributed by atoms with Gasteiger partial charge in [0.2, 0.25) is 5.95 Å². The number of aryl methyl sites for hydroxylation is 1. The Hall–Kier alpha value is -3.17. The van der Waals surface area contributed by atoms with E-state index >= 15 is 0 Å². The molecule has 2 aromatic carbocycles. The summed E-state index contributed by atoms with van der Waals surface area (Å²) in [6.45, 7) is 3.33. The van der Waals surface area contributed by atoms with E-state index in [1.54, 1.807) is 44.2 Å². The molecule has 0 saturated heterocycles. The van der Waals surface area contributed by atoms with Crippen molar-refractivity contribution >= 4 is 39.2 Å². The van der Waals surface area contributed by atoms with Crippen molar-refractivity contribution in [3.05, 3.63) is 71.5 Å². The van der Waals surface area contributed by atoms with Gasteiger partial charge in [0, 0.05) is 22.6 Å². The largest absolute Gasteiger partial charge is 0.481 e. The molecular formula is C20H19ClN4O4S. The lowest BCUT2D eigenvalue weighted by Gasteiger charge is -2.15.